The Kier molecular flexibility index (Phi) is 2.84. The lowest BCUT2D eigenvalue weighted by Crippen LogP contribution is -2.05. The molecule has 1 unspecified atom stereocenters. The first-order chi connectivity index (χ1) is 7.56. The molecule has 0 fully saturated rings. The quantitative estimate of drug-likeness (QED) is 0.776. The molecule has 1 atom stereocenters. The molecule has 0 radical (unpaired) electrons. The van der Waals surface area contributed by atoms with E-state index in [1.807, 2.05) is 38.1 Å². The Bertz CT molecular complexity index is 533. The Morgan fingerprint density at radius 3 is 2.75 bits per heavy atom. The molecule has 0 aliphatic carbocycles. The first-order valence-corrected chi connectivity index (χ1v) is 5.47. The minimum Gasteiger partial charge on any atom is -0.459 e. The van der Waals surface area contributed by atoms with Crippen LogP contribution in [0.4, 0.5) is 0 Å². The molecule has 1 heterocycles. The lowest BCUT2D eigenvalue weighted by atomic mass is 10.1. The normalized spacial score (nSPS) is 12.8. The zero-order chi connectivity index (χ0) is 11.7. The molecule has 0 spiro atoms. The second-order valence-corrected chi connectivity index (χ2v) is 4.46. The Hall–Kier alpha value is -1.54. The van der Waals surface area contributed by atoms with Gasteiger partial charge in [0.2, 0.25) is 0 Å². The van der Waals surface area contributed by atoms with E-state index in [1.165, 1.54) is 11.1 Å². The summed E-state index contributed by atoms with van der Waals surface area (Å²) in [6.07, 6.45) is 2.00. The van der Waals surface area contributed by atoms with Gasteiger partial charge in [-0.2, -0.15) is 0 Å². The average Bonchev–Trinajstić information content (AvgIpc) is 2.59. The van der Waals surface area contributed by atoms with Crippen LogP contribution in [0.3, 0.4) is 0 Å². The van der Waals surface area contributed by atoms with Gasteiger partial charge in [-0.15, -0.1) is 0 Å². The number of benzene rings is 1. The minimum atomic E-state index is -0.155. The third-order valence-electron chi connectivity index (χ3n) is 2.53. The van der Waals surface area contributed by atoms with Crippen molar-refractivity contribution in [2.45, 2.75) is 26.8 Å². The van der Waals surface area contributed by atoms with Gasteiger partial charge in [0.05, 0.1) is 6.04 Å². The molecule has 2 nitrogen and oxygen atoms in total. The number of allylic oxidation sites excluding steroid dienone is 1. The molecule has 0 aliphatic rings. The molecule has 16 heavy (non-hydrogen) atoms. The van der Waals surface area contributed by atoms with Crippen LogP contribution in [-0.4, -0.2) is 0 Å². The van der Waals surface area contributed by atoms with Crippen LogP contribution in [0.5, 0.6) is 0 Å². The van der Waals surface area contributed by atoms with Crippen LogP contribution in [0.2, 0.25) is 0 Å². The summed E-state index contributed by atoms with van der Waals surface area (Å²) in [7, 11) is 0. The SMILES string of the molecule is CC(C)=CC(N)c1cc2cc(C)ccc2o1. The monoisotopic (exact) mass is 215 g/mol. The predicted octanol–water partition coefficient (Wildman–Crippen LogP) is 3.71. The summed E-state index contributed by atoms with van der Waals surface area (Å²) >= 11 is 0. The van der Waals surface area contributed by atoms with E-state index >= 15 is 0 Å². The molecule has 1 aromatic heterocycles. The molecular formula is C14H17NO. The summed E-state index contributed by atoms with van der Waals surface area (Å²) in [5, 5.41) is 1.12. The van der Waals surface area contributed by atoms with Gasteiger partial charge in [0.1, 0.15) is 11.3 Å². The highest BCUT2D eigenvalue weighted by molar-refractivity contribution is 5.78. The second kappa shape index (κ2) is 4.14. The zero-order valence-corrected chi connectivity index (χ0v) is 9.95. The molecule has 0 saturated carbocycles. The van der Waals surface area contributed by atoms with Crippen molar-refractivity contribution in [3.8, 4) is 0 Å². The molecule has 0 amide bonds. The van der Waals surface area contributed by atoms with E-state index < -0.39 is 0 Å². The summed E-state index contributed by atoms with van der Waals surface area (Å²) < 4.78 is 5.72. The lowest BCUT2D eigenvalue weighted by Gasteiger charge is -2.02. The molecule has 2 rings (SSSR count). The summed E-state index contributed by atoms with van der Waals surface area (Å²) in [4.78, 5) is 0. The van der Waals surface area contributed by atoms with Gasteiger partial charge in [-0.1, -0.05) is 23.3 Å². The van der Waals surface area contributed by atoms with Crippen molar-refractivity contribution in [3.05, 3.63) is 47.2 Å². The summed E-state index contributed by atoms with van der Waals surface area (Å²) in [5.41, 5.74) is 9.36. The van der Waals surface area contributed by atoms with Crippen LogP contribution in [0.15, 0.2) is 40.3 Å². The van der Waals surface area contributed by atoms with Crippen molar-refractivity contribution in [1.29, 1.82) is 0 Å². The van der Waals surface area contributed by atoms with Crippen LogP contribution in [-0.2, 0) is 0 Å². The molecule has 0 bridgehead atoms. The van der Waals surface area contributed by atoms with E-state index in [0.29, 0.717) is 0 Å². The highest BCUT2D eigenvalue weighted by Crippen LogP contribution is 2.24. The fourth-order valence-corrected chi connectivity index (χ4v) is 1.79. The van der Waals surface area contributed by atoms with Crippen molar-refractivity contribution in [1.82, 2.24) is 0 Å². The Morgan fingerprint density at radius 1 is 1.31 bits per heavy atom. The maximum Gasteiger partial charge on any atom is 0.134 e. The highest BCUT2D eigenvalue weighted by Gasteiger charge is 2.09. The molecular weight excluding hydrogens is 198 g/mol. The van der Waals surface area contributed by atoms with Crippen LogP contribution >= 0.6 is 0 Å². The van der Waals surface area contributed by atoms with Crippen LogP contribution in [0, 0.1) is 6.92 Å². The van der Waals surface area contributed by atoms with Crippen LogP contribution < -0.4 is 5.73 Å². The number of fused-ring (bicyclic) bond motifs is 1. The van der Waals surface area contributed by atoms with Crippen molar-refractivity contribution in [3.63, 3.8) is 0 Å². The van der Waals surface area contributed by atoms with Gasteiger partial charge in [-0.3, -0.25) is 0 Å². The van der Waals surface area contributed by atoms with Crippen molar-refractivity contribution in [2.24, 2.45) is 5.73 Å². The third-order valence-corrected chi connectivity index (χ3v) is 2.53. The number of aryl methyl sites for hydroxylation is 1. The first-order valence-electron chi connectivity index (χ1n) is 5.47. The van der Waals surface area contributed by atoms with Gasteiger partial charge in [-0.25, -0.2) is 0 Å². The van der Waals surface area contributed by atoms with Gasteiger partial charge in [0.15, 0.2) is 0 Å². The van der Waals surface area contributed by atoms with Crippen LogP contribution in [0.25, 0.3) is 11.0 Å². The second-order valence-electron chi connectivity index (χ2n) is 4.46. The maximum atomic E-state index is 6.03. The van der Waals surface area contributed by atoms with E-state index in [0.717, 1.165) is 16.7 Å². The number of nitrogens with two attached hydrogens (primary N) is 1. The third kappa shape index (κ3) is 2.17. The van der Waals surface area contributed by atoms with Gasteiger partial charge in [0, 0.05) is 5.39 Å². The van der Waals surface area contributed by atoms with E-state index in [1.54, 1.807) is 0 Å². The molecule has 1 aromatic carbocycles. The predicted molar refractivity (Wildman–Crippen MR) is 67.3 cm³/mol. The number of hydrogen-bond acceptors (Lipinski definition) is 2. The fraction of sp³-hybridized carbons (Fsp3) is 0.286. The van der Waals surface area contributed by atoms with E-state index in [-0.39, 0.29) is 6.04 Å². The molecule has 2 aromatic rings. The minimum absolute atomic E-state index is 0.155. The Balaban J connectivity index is 2.43. The smallest absolute Gasteiger partial charge is 0.134 e. The summed E-state index contributed by atoms with van der Waals surface area (Å²) in [6, 6.07) is 8.01. The Labute approximate surface area is 95.7 Å². The Morgan fingerprint density at radius 2 is 2.06 bits per heavy atom. The molecule has 2 heteroatoms. The van der Waals surface area contributed by atoms with E-state index in [4.69, 9.17) is 10.2 Å². The zero-order valence-electron chi connectivity index (χ0n) is 9.95. The molecule has 0 aliphatic heterocycles. The van der Waals surface area contributed by atoms with Crippen molar-refractivity contribution in [2.75, 3.05) is 0 Å². The topological polar surface area (TPSA) is 39.2 Å². The van der Waals surface area contributed by atoms with Gasteiger partial charge in [-0.05, 0) is 39.0 Å². The molecule has 0 saturated heterocycles. The molecule has 2 N–H and O–H groups in total. The number of furan rings is 1. The van der Waals surface area contributed by atoms with Crippen molar-refractivity contribution >= 4 is 11.0 Å². The summed E-state index contributed by atoms with van der Waals surface area (Å²) in [6.45, 7) is 6.14. The summed E-state index contributed by atoms with van der Waals surface area (Å²) in [5.74, 6) is 0.821. The van der Waals surface area contributed by atoms with E-state index in [9.17, 15) is 0 Å². The standard InChI is InChI=1S/C14H17NO/c1-9(2)6-12(15)14-8-11-7-10(3)4-5-13(11)16-14/h4-8,12H,15H2,1-3H3. The average molecular weight is 215 g/mol. The fourth-order valence-electron chi connectivity index (χ4n) is 1.79. The van der Waals surface area contributed by atoms with E-state index in [2.05, 4.69) is 13.0 Å². The first kappa shape index (κ1) is 11.0. The number of hydrogen-bond donors (Lipinski definition) is 1. The number of rotatable bonds is 2. The largest absolute Gasteiger partial charge is 0.459 e. The van der Waals surface area contributed by atoms with Gasteiger partial charge < -0.3 is 10.2 Å². The lowest BCUT2D eigenvalue weighted by molar-refractivity contribution is 0.529. The molecule has 84 valence electrons. The maximum absolute atomic E-state index is 6.03. The van der Waals surface area contributed by atoms with Gasteiger partial charge >= 0.3 is 0 Å². The van der Waals surface area contributed by atoms with Gasteiger partial charge in [0.25, 0.3) is 0 Å². The van der Waals surface area contributed by atoms with Crippen molar-refractivity contribution < 1.29 is 4.42 Å². The highest BCUT2D eigenvalue weighted by atomic mass is 16.3. The van der Waals surface area contributed by atoms with Crippen LogP contribution in [0.1, 0.15) is 31.2 Å².